The summed E-state index contributed by atoms with van der Waals surface area (Å²) in [6, 6.07) is 20.0. The average molecular weight is 443 g/mol. The number of amides is 1. The maximum absolute atomic E-state index is 12.5. The van der Waals surface area contributed by atoms with Crippen molar-refractivity contribution in [2.75, 3.05) is 22.9 Å². The maximum atomic E-state index is 12.5. The maximum Gasteiger partial charge on any atom is 0.261 e. The van der Waals surface area contributed by atoms with Gasteiger partial charge in [0.15, 0.2) is 0 Å². The molecule has 156 valence electrons. The number of rotatable bonds is 8. The van der Waals surface area contributed by atoms with Crippen molar-refractivity contribution in [2.24, 2.45) is 0 Å². The van der Waals surface area contributed by atoms with Gasteiger partial charge in [-0.1, -0.05) is 6.07 Å². The highest BCUT2D eigenvalue weighted by molar-refractivity contribution is 7.98. The molecule has 0 fully saturated rings. The van der Waals surface area contributed by atoms with Crippen LogP contribution >= 0.6 is 11.8 Å². The molecule has 6 nitrogen and oxygen atoms in total. The molecule has 0 aliphatic heterocycles. The third-order valence-corrected chi connectivity index (χ3v) is 6.31. The van der Waals surface area contributed by atoms with Gasteiger partial charge in [0.1, 0.15) is 5.75 Å². The largest absolute Gasteiger partial charge is 0.494 e. The van der Waals surface area contributed by atoms with Crippen molar-refractivity contribution in [1.29, 1.82) is 0 Å². The van der Waals surface area contributed by atoms with Gasteiger partial charge < -0.3 is 10.1 Å². The first-order chi connectivity index (χ1) is 14.4. The van der Waals surface area contributed by atoms with Gasteiger partial charge in [-0.2, -0.15) is 0 Å². The predicted octanol–water partition coefficient (Wildman–Crippen LogP) is 4.86. The Morgan fingerprint density at radius 1 is 0.967 bits per heavy atom. The zero-order valence-electron chi connectivity index (χ0n) is 16.6. The first-order valence-corrected chi connectivity index (χ1v) is 11.9. The Labute approximate surface area is 180 Å². The van der Waals surface area contributed by atoms with Gasteiger partial charge >= 0.3 is 0 Å². The summed E-state index contributed by atoms with van der Waals surface area (Å²) < 4.78 is 33.0. The Hall–Kier alpha value is -2.97. The Bertz CT molecular complexity index is 1110. The highest BCUT2D eigenvalue weighted by Gasteiger charge is 2.14. The minimum absolute atomic E-state index is 0.177. The SMILES string of the molecule is CCOc1cccc(NC(=O)c2ccc(NS(=O)(=O)c3ccc(SC)cc3)cc2)c1. The van der Waals surface area contributed by atoms with E-state index in [0.29, 0.717) is 29.3 Å². The molecule has 0 aromatic heterocycles. The molecular weight excluding hydrogens is 420 g/mol. The molecule has 0 unspecified atom stereocenters. The lowest BCUT2D eigenvalue weighted by molar-refractivity contribution is 0.102. The first kappa shape index (κ1) is 21.7. The number of hydrogen-bond acceptors (Lipinski definition) is 5. The first-order valence-electron chi connectivity index (χ1n) is 9.22. The number of thioether (sulfide) groups is 1. The van der Waals surface area contributed by atoms with Gasteiger partial charge in [-0.05, 0) is 73.8 Å². The zero-order valence-corrected chi connectivity index (χ0v) is 18.2. The van der Waals surface area contributed by atoms with Crippen LogP contribution in [0.4, 0.5) is 11.4 Å². The Morgan fingerprint density at radius 3 is 2.30 bits per heavy atom. The normalized spacial score (nSPS) is 11.0. The molecule has 0 atom stereocenters. The summed E-state index contributed by atoms with van der Waals surface area (Å²) in [4.78, 5) is 13.6. The summed E-state index contributed by atoms with van der Waals surface area (Å²) in [5, 5.41) is 2.80. The molecule has 0 spiro atoms. The van der Waals surface area contributed by atoms with Crippen molar-refractivity contribution >= 4 is 39.1 Å². The number of ether oxygens (including phenoxy) is 1. The van der Waals surface area contributed by atoms with Crippen LogP contribution in [0.15, 0.2) is 82.6 Å². The van der Waals surface area contributed by atoms with Crippen molar-refractivity contribution in [3.8, 4) is 5.75 Å². The molecule has 3 aromatic rings. The summed E-state index contributed by atoms with van der Waals surface area (Å²) in [6.07, 6.45) is 1.93. The van der Waals surface area contributed by atoms with E-state index < -0.39 is 10.0 Å². The third kappa shape index (κ3) is 5.55. The monoisotopic (exact) mass is 442 g/mol. The molecule has 3 aromatic carbocycles. The molecule has 2 N–H and O–H groups in total. The second kappa shape index (κ2) is 9.69. The number of hydrogen-bond donors (Lipinski definition) is 2. The summed E-state index contributed by atoms with van der Waals surface area (Å²) in [5.41, 5.74) is 1.40. The number of anilines is 2. The molecule has 0 saturated carbocycles. The fourth-order valence-corrected chi connectivity index (χ4v) is 4.16. The van der Waals surface area contributed by atoms with Crippen LogP contribution in [-0.2, 0) is 10.0 Å². The van der Waals surface area contributed by atoms with E-state index in [1.165, 1.54) is 11.8 Å². The lowest BCUT2D eigenvalue weighted by atomic mass is 10.2. The molecule has 30 heavy (non-hydrogen) atoms. The second-order valence-electron chi connectivity index (χ2n) is 6.27. The van der Waals surface area contributed by atoms with E-state index in [-0.39, 0.29) is 10.8 Å². The van der Waals surface area contributed by atoms with E-state index in [1.807, 2.05) is 19.2 Å². The van der Waals surface area contributed by atoms with Crippen LogP contribution in [0.2, 0.25) is 0 Å². The van der Waals surface area contributed by atoms with Gasteiger partial charge in [-0.3, -0.25) is 9.52 Å². The van der Waals surface area contributed by atoms with Gasteiger partial charge in [-0.25, -0.2) is 8.42 Å². The highest BCUT2D eigenvalue weighted by atomic mass is 32.2. The van der Waals surface area contributed by atoms with E-state index in [4.69, 9.17) is 4.74 Å². The van der Waals surface area contributed by atoms with Crippen molar-refractivity contribution in [2.45, 2.75) is 16.7 Å². The topological polar surface area (TPSA) is 84.5 Å². The van der Waals surface area contributed by atoms with Crippen molar-refractivity contribution < 1.29 is 17.9 Å². The Morgan fingerprint density at radius 2 is 1.67 bits per heavy atom. The van der Waals surface area contributed by atoms with Gasteiger partial charge in [-0.15, -0.1) is 11.8 Å². The lowest BCUT2D eigenvalue weighted by Crippen LogP contribution is -2.14. The van der Waals surface area contributed by atoms with Crippen LogP contribution in [0.5, 0.6) is 5.75 Å². The molecule has 0 aliphatic carbocycles. The van der Waals surface area contributed by atoms with Crippen LogP contribution in [0.25, 0.3) is 0 Å². The van der Waals surface area contributed by atoms with Crippen LogP contribution in [-0.4, -0.2) is 27.2 Å². The Kier molecular flexibility index (Phi) is 7.02. The molecule has 8 heteroatoms. The summed E-state index contributed by atoms with van der Waals surface area (Å²) in [6.45, 7) is 2.43. The van der Waals surface area contributed by atoms with Crippen molar-refractivity contribution in [3.05, 3.63) is 78.4 Å². The Balaban J connectivity index is 1.68. The number of benzene rings is 3. The molecule has 0 heterocycles. The van der Waals surface area contributed by atoms with E-state index in [2.05, 4.69) is 10.0 Å². The van der Waals surface area contributed by atoms with Gasteiger partial charge in [0, 0.05) is 27.9 Å². The van der Waals surface area contributed by atoms with Crippen LogP contribution in [0, 0.1) is 0 Å². The summed E-state index contributed by atoms with van der Waals surface area (Å²) in [7, 11) is -3.70. The van der Waals surface area contributed by atoms with Crippen LogP contribution < -0.4 is 14.8 Å². The van der Waals surface area contributed by atoms with E-state index in [0.717, 1.165) is 4.90 Å². The standard InChI is InChI=1S/C22H22N2O4S2/c1-3-28-19-6-4-5-18(15-19)23-22(25)16-7-9-17(10-8-16)24-30(26,27)21-13-11-20(29-2)12-14-21/h4-15,24H,3H2,1-2H3,(H,23,25). The molecular formula is C22H22N2O4S2. The second-order valence-corrected chi connectivity index (χ2v) is 8.84. The molecule has 0 saturated heterocycles. The third-order valence-electron chi connectivity index (χ3n) is 4.17. The molecule has 0 radical (unpaired) electrons. The number of carbonyl (C=O) groups is 1. The molecule has 0 aliphatic rings. The van der Waals surface area contributed by atoms with Crippen molar-refractivity contribution in [1.82, 2.24) is 0 Å². The molecule has 1 amide bonds. The van der Waals surface area contributed by atoms with E-state index in [1.54, 1.807) is 66.7 Å². The number of carbonyl (C=O) groups excluding carboxylic acids is 1. The number of sulfonamides is 1. The van der Waals surface area contributed by atoms with Gasteiger partial charge in [0.05, 0.1) is 11.5 Å². The van der Waals surface area contributed by atoms with E-state index in [9.17, 15) is 13.2 Å². The van der Waals surface area contributed by atoms with Gasteiger partial charge in [0.2, 0.25) is 0 Å². The van der Waals surface area contributed by atoms with Gasteiger partial charge in [0.25, 0.3) is 15.9 Å². The molecule has 3 rings (SSSR count). The smallest absolute Gasteiger partial charge is 0.261 e. The molecule has 0 bridgehead atoms. The van der Waals surface area contributed by atoms with Crippen molar-refractivity contribution in [3.63, 3.8) is 0 Å². The fourth-order valence-electron chi connectivity index (χ4n) is 2.69. The van der Waals surface area contributed by atoms with Crippen LogP contribution in [0.3, 0.4) is 0 Å². The fraction of sp³-hybridized carbons (Fsp3) is 0.136. The minimum atomic E-state index is -3.70. The highest BCUT2D eigenvalue weighted by Crippen LogP contribution is 2.21. The zero-order chi connectivity index (χ0) is 21.6. The summed E-state index contributed by atoms with van der Waals surface area (Å²) in [5.74, 6) is 0.372. The lowest BCUT2D eigenvalue weighted by Gasteiger charge is -2.10. The average Bonchev–Trinajstić information content (AvgIpc) is 2.74. The van der Waals surface area contributed by atoms with E-state index >= 15 is 0 Å². The number of nitrogens with one attached hydrogen (secondary N) is 2. The summed E-state index contributed by atoms with van der Waals surface area (Å²) >= 11 is 1.54. The van der Waals surface area contributed by atoms with Crippen LogP contribution in [0.1, 0.15) is 17.3 Å². The minimum Gasteiger partial charge on any atom is -0.494 e. The quantitative estimate of drug-likeness (QED) is 0.487. The predicted molar refractivity (Wildman–Crippen MR) is 121 cm³/mol.